The molecule has 1 fully saturated rings. The Morgan fingerprint density at radius 1 is 1.35 bits per heavy atom. The predicted octanol–water partition coefficient (Wildman–Crippen LogP) is 3.73. The minimum atomic E-state index is 0.112. The van der Waals surface area contributed by atoms with Crippen LogP contribution in [0.1, 0.15) is 43.9 Å². The second-order valence-corrected chi connectivity index (χ2v) is 6.13. The van der Waals surface area contributed by atoms with Crippen LogP contribution < -0.4 is 11.1 Å². The molecule has 1 atom stereocenters. The summed E-state index contributed by atoms with van der Waals surface area (Å²) in [4.78, 5) is 0. The largest absolute Gasteiger partial charge is 0.451 e. The molecule has 0 radical (unpaired) electrons. The Morgan fingerprint density at radius 2 is 2.06 bits per heavy atom. The maximum Gasteiger partial charge on any atom is 0.183 e. The monoisotopic (exact) mass is 364 g/mol. The molecule has 0 bridgehead atoms. The van der Waals surface area contributed by atoms with E-state index in [-0.39, 0.29) is 6.04 Å². The van der Waals surface area contributed by atoms with Gasteiger partial charge in [0.1, 0.15) is 5.76 Å². The highest BCUT2D eigenvalue weighted by molar-refractivity contribution is 9.13. The van der Waals surface area contributed by atoms with Crippen LogP contribution in [-0.4, -0.2) is 12.6 Å². The zero-order chi connectivity index (χ0) is 12.3. The van der Waals surface area contributed by atoms with Crippen LogP contribution in [0.25, 0.3) is 0 Å². The van der Waals surface area contributed by atoms with Crippen molar-refractivity contribution >= 4 is 31.9 Å². The molecule has 1 aromatic heterocycles. The minimum absolute atomic E-state index is 0.112. The lowest BCUT2D eigenvalue weighted by Gasteiger charge is -2.26. The molecule has 0 spiro atoms. The van der Waals surface area contributed by atoms with Crippen molar-refractivity contribution < 1.29 is 4.42 Å². The Balaban J connectivity index is 2.00. The second-order valence-electron chi connectivity index (χ2n) is 4.56. The lowest BCUT2D eigenvalue weighted by molar-refractivity contribution is 0.313. The van der Waals surface area contributed by atoms with E-state index in [4.69, 9.17) is 10.2 Å². The highest BCUT2D eigenvalue weighted by Gasteiger charge is 2.21. The molecule has 3 nitrogen and oxygen atoms in total. The van der Waals surface area contributed by atoms with Crippen molar-refractivity contribution in [2.45, 2.75) is 44.2 Å². The van der Waals surface area contributed by atoms with Gasteiger partial charge in [0.05, 0.1) is 10.5 Å². The molecule has 2 rings (SSSR count). The molecule has 1 unspecified atom stereocenters. The first-order valence-electron chi connectivity index (χ1n) is 6.11. The molecule has 3 N–H and O–H groups in total. The van der Waals surface area contributed by atoms with Gasteiger partial charge in [-0.05, 0) is 50.8 Å². The first-order chi connectivity index (χ1) is 8.20. The summed E-state index contributed by atoms with van der Waals surface area (Å²) >= 11 is 6.79. The van der Waals surface area contributed by atoms with Crippen LogP contribution in [0.15, 0.2) is 19.6 Å². The summed E-state index contributed by atoms with van der Waals surface area (Å²) in [5.74, 6) is 0.900. The Morgan fingerprint density at radius 3 is 2.59 bits per heavy atom. The van der Waals surface area contributed by atoms with Gasteiger partial charge in [-0.15, -0.1) is 0 Å². The fourth-order valence-corrected chi connectivity index (χ4v) is 2.96. The van der Waals surface area contributed by atoms with Crippen molar-refractivity contribution in [3.63, 3.8) is 0 Å². The van der Waals surface area contributed by atoms with Gasteiger partial charge in [0.25, 0.3) is 0 Å². The molecule has 0 amide bonds. The number of nitrogens with two attached hydrogens (primary N) is 1. The Hall–Kier alpha value is 0.160. The van der Waals surface area contributed by atoms with E-state index >= 15 is 0 Å². The predicted molar refractivity (Wildman–Crippen MR) is 75.9 cm³/mol. The van der Waals surface area contributed by atoms with E-state index in [1.165, 1.54) is 32.1 Å². The Labute approximate surface area is 119 Å². The average molecular weight is 366 g/mol. The standard InChI is InChI=1S/C12H18Br2N2O/c13-9-6-11(17-12(9)14)10(7-15)16-8-4-2-1-3-5-8/h6,8,10,16H,1-5,7,15H2. The van der Waals surface area contributed by atoms with Gasteiger partial charge < -0.3 is 15.5 Å². The number of halogens is 2. The van der Waals surface area contributed by atoms with E-state index in [1.807, 2.05) is 6.07 Å². The first kappa shape index (κ1) is 13.6. The van der Waals surface area contributed by atoms with E-state index in [0.29, 0.717) is 12.6 Å². The van der Waals surface area contributed by atoms with Gasteiger partial charge in [0.15, 0.2) is 4.67 Å². The fourth-order valence-electron chi connectivity index (χ4n) is 2.36. The molecular weight excluding hydrogens is 348 g/mol. The van der Waals surface area contributed by atoms with Gasteiger partial charge >= 0.3 is 0 Å². The molecule has 1 aliphatic rings. The summed E-state index contributed by atoms with van der Waals surface area (Å²) in [6.45, 7) is 0.558. The molecule has 0 saturated heterocycles. The second kappa shape index (κ2) is 6.36. The molecular formula is C12H18Br2N2O. The maximum absolute atomic E-state index is 5.83. The van der Waals surface area contributed by atoms with E-state index in [2.05, 4.69) is 37.2 Å². The number of furan rings is 1. The summed E-state index contributed by atoms with van der Waals surface area (Å²) in [6.07, 6.45) is 6.50. The molecule has 1 heterocycles. The zero-order valence-electron chi connectivity index (χ0n) is 9.72. The highest BCUT2D eigenvalue weighted by atomic mass is 79.9. The third kappa shape index (κ3) is 3.56. The van der Waals surface area contributed by atoms with Crippen LogP contribution in [0.2, 0.25) is 0 Å². The maximum atomic E-state index is 5.83. The van der Waals surface area contributed by atoms with E-state index < -0.39 is 0 Å². The number of hydrogen-bond donors (Lipinski definition) is 2. The van der Waals surface area contributed by atoms with Crippen molar-refractivity contribution in [1.29, 1.82) is 0 Å². The lowest BCUT2D eigenvalue weighted by atomic mass is 9.94. The van der Waals surface area contributed by atoms with Gasteiger partial charge in [-0.25, -0.2) is 0 Å². The molecule has 0 aromatic carbocycles. The van der Waals surface area contributed by atoms with Crippen molar-refractivity contribution in [2.75, 3.05) is 6.54 Å². The zero-order valence-corrected chi connectivity index (χ0v) is 12.9. The van der Waals surface area contributed by atoms with Gasteiger partial charge in [-0.1, -0.05) is 19.3 Å². The van der Waals surface area contributed by atoms with Crippen LogP contribution in [-0.2, 0) is 0 Å². The highest BCUT2D eigenvalue weighted by Crippen LogP contribution is 2.30. The molecule has 1 aliphatic carbocycles. The van der Waals surface area contributed by atoms with Crippen molar-refractivity contribution in [1.82, 2.24) is 5.32 Å². The first-order valence-corrected chi connectivity index (χ1v) is 7.70. The minimum Gasteiger partial charge on any atom is -0.451 e. The van der Waals surface area contributed by atoms with Gasteiger partial charge in [-0.3, -0.25) is 0 Å². The molecule has 5 heteroatoms. The number of hydrogen-bond acceptors (Lipinski definition) is 3. The Bertz CT molecular complexity index is 342. The summed E-state index contributed by atoms with van der Waals surface area (Å²) in [5.41, 5.74) is 5.83. The smallest absolute Gasteiger partial charge is 0.183 e. The summed E-state index contributed by atoms with van der Waals surface area (Å²) in [5, 5.41) is 3.60. The SMILES string of the molecule is NCC(NC1CCCCC1)c1cc(Br)c(Br)o1. The fraction of sp³-hybridized carbons (Fsp3) is 0.667. The molecule has 1 aromatic rings. The van der Waals surface area contributed by atoms with Gasteiger partial charge in [0.2, 0.25) is 0 Å². The normalized spacial score (nSPS) is 19.5. The summed E-state index contributed by atoms with van der Waals surface area (Å²) in [6, 6.07) is 2.68. The summed E-state index contributed by atoms with van der Waals surface area (Å²) in [7, 11) is 0. The van der Waals surface area contributed by atoms with Gasteiger partial charge in [-0.2, -0.15) is 0 Å². The quantitative estimate of drug-likeness (QED) is 0.854. The Kier molecular flexibility index (Phi) is 5.09. The molecule has 17 heavy (non-hydrogen) atoms. The number of nitrogens with one attached hydrogen (secondary N) is 1. The summed E-state index contributed by atoms with van der Waals surface area (Å²) < 4.78 is 7.31. The van der Waals surface area contributed by atoms with Crippen molar-refractivity contribution in [3.05, 3.63) is 21.0 Å². The average Bonchev–Trinajstić information content (AvgIpc) is 2.68. The van der Waals surface area contributed by atoms with Crippen LogP contribution in [0.3, 0.4) is 0 Å². The molecule has 0 aliphatic heterocycles. The lowest BCUT2D eigenvalue weighted by Crippen LogP contribution is -2.37. The number of rotatable bonds is 4. The third-order valence-electron chi connectivity index (χ3n) is 3.29. The molecule has 96 valence electrons. The van der Waals surface area contributed by atoms with Crippen LogP contribution in [0.5, 0.6) is 0 Å². The topological polar surface area (TPSA) is 51.2 Å². The van der Waals surface area contributed by atoms with Crippen molar-refractivity contribution in [2.24, 2.45) is 5.73 Å². The van der Waals surface area contributed by atoms with E-state index in [1.54, 1.807) is 0 Å². The molecule has 1 saturated carbocycles. The van der Waals surface area contributed by atoms with Crippen LogP contribution in [0, 0.1) is 0 Å². The van der Waals surface area contributed by atoms with Gasteiger partial charge in [0, 0.05) is 12.6 Å². The van der Waals surface area contributed by atoms with Crippen molar-refractivity contribution in [3.8, 4) is 0 Å². The van der Waals surface area contributed by atoms with Crippen LogP contribution >= 0.6 is 31.9 Å². The third-order valence-corrected chi connectivity index (χ3v) is 5.00. The van der Waals surface area contributed by atoms with Crippen LogP contribution in [0.4, 0.5) is 0 Å². The van der Waals surface area contributed by atoms with E-state index in [9.17, 15) is 0 Å². The van der Waals surface area contributed by atoms with E-state index in [0.717, 1.165) is 14.9 Å².